The highest BCUT2D eigenvalue weighted by molar-refractivity contribution is 5.17. The average Bonchev–Trinajstić information content (AvgIpc) is 2.62. The van der Waals surface area contributed by atoms with Gasteiger partial charge in [-0.15, -0.1) is 0 Å². The molecular formula is C14H23NO. The summed E-state index contributed by atoms with van der Waals surface area (Å²) >= 11 is 0. The zero-order valence-corrected chi connectivity index (χ0v) is 10.6. The van der Waals surface area contributed by atoms with Gasteiger partial charge >= 0.3 is 0 Å². The van der Waals surface area contributed by atoms with Crippen molar-refractivity contribution in [3.8, 4) is 0 Å². The molecule has 16 heavy (non-hydrogen) atoms. The summed E-state index contributed by atoms with van der Waals surface area (Å²) in [5.41, 5.74) is 7.52. The number of furan rings is 1. The summed E-state index contributed by atoms with van der Waals surface area (Å²) in [4.78, 5) is 0. The van der Waals surface area contributed by atoms with Gasteiger partial charge in [-0.2, -0.15) is 0 Å². The summed E-state index contributed by atoms with van der Waals surface area (Å²) in [6.45, 7) is 6.66. The Morgan fingerprint density at radius 2 is 1.88 bits per heavy atom. The lowest BCUT2D eigenvalue weighted by molar-refractivity contribution is 0.193. The van der Waals surface area contributed by atoms with Crippen molar-refractivity contribution in [1.29, 1.82) is 0 Å². The first-order chi connectivity index (χ1) is 7.56. The molecule has 0 radical (unpaired) electrons. The standard InChI is InChI=1S/C14H23NO/c1-9-4-10(2)6-12(5-9)14(15)13-7-11(3)16-8-13/h7-10,12,14H,4-6,15H2,1-3H3. The summed E-state index contributed by atoms with van der Waals surface area (Å²) in [7, 11) is 0. The van der Waals surface area contributed by atoms with Crippen LogP contribution in [0.5, 0.6) is 0 Å². The van der Waals surface area contributed by atoms with Crippen molar-refractivity contribution in [3.05, 3.63) is 23.7 Å². The molecule has 90 valence electrons. The van der Waals surface area contributed by atoms with Crippen molar-refractivity contribution >= 4 is 0 Å². The minimum Gasteiger partial charge on any atom is -0.469 e. The zero-order chi connectivity index (χ0) is 11.7. The van der Waals surface area contributed by atoms with E-state index in [4.69, 9.17) is 10.2 Å². The molecule has 2 N–H and O–H groups in total. The molecular weight excluding hydrogens is 198 g/mol. The van der Waals surface area contributed by atoms with Crippen LogP contribution in [0.25, 0.3) is 0 Å². The summed E-state index contributed by atoms with van der Waals surface area (Å²) < 4.78 is 5.35. The van der Waals surface area contributed by atoms with E-state index in [2.05, 4.69) is 19.9 Å². The van der Waals surface area contributed by atoms with E-state index < -0.39 is 0 Å². The lowest BCUT2D eigenvalue weighted by atomic mass is 9.73. The Balaban J connectivity index is 2.06. The Morgan fingerprint density at radius 3 is 2.38 bits per heavy atom. The molecule has 2 nitrogen and oxygen atoms in total. The molecule has 1 saturated carbocycles. The maximum atomic E-state index is 6.35. The Kier molecular flexibility index (Phi) is 3.38. The highest BCUT2D eigenvalue weighted by Gasteiger charge is 2.29. The minimum atomic E-state index is 0.155. The number of nitrogens with two attached hydrogens (primary N) is 1. The molecule has 1 fully saturated rings. The van der Waals surface area contributed by atoms with Gasteiger partial charge in [-0.25, -0.2) is 0 Å². The third kappa shape index (κ3) is 2.49. The monoisotopic (exact) mass is 221 g/mol. The van der Waals surface area contributed by atoms with E-state index in [-0.39, 0.29) is 6.04 Å². The van der Waals surface area contributed by atoms with Crippen LogP contribution in [0.3, 0.4) is 0 Å². The highest BCUT2D eigenvalue weighted by Crippen LogP contribution is 2.38. The van der Waals surface area contributed by atoms with Crippen LogP contribution >= 0.6 is 0 Å². The van der Waals surface area contributed by atoms with E-state index in [1.54, 1.807) is 0 Å². The summed E-state index contributed by atoms with van der Waals surface area (Å²) in [6.07, 6.45) is 5.70. The van der Waals surface area contributed by atoms with E-state index in [1.807, 2.05) is 13.2 Å². The van der Waals surface area contributed by atoms with Crippen LogP contribution in [0.15, 0.2) is 16.7 Å². The third-order valence-electron chi connectivity index (χ3n) is 3.86. The summed E-state index contributed by atoms with van der Waals surface area (Å²) in [5, 5.41) is 0. The quantitative estimate of drug-likeness (QED) is 0.827. The van der Waals surface area contributed by atoms with Crippen LogP contribution in [-0.2, 0) is 0 Å². The van der Waals surface area contributed by atoms with E-state index >= 15 is 0 Å². The molecule has 2 rings (SSSR count). The minimum absolute atomic E-state index is 0.155. The maximum Gasteiger partial charge on any atom is 0.101 e. The van der Waals surface area contributed by atoms with Crippen molar-refractivity contribution in [2.45, 2.75) is 46.1 Å². The lowest BCUT2D eigenvalue weighted by Gasteiger charge is -2.34. The average molecular weight is 221 g/mol. The molecule has 1 aromatic rings. The smallest absolute Gasteiger partial charge is 0.101 e. The maximum absolute atomic E-state index is 6.35. The fourth-order valence-electron chi connectivity index (χ4n) is 3.21. The number of aryl methyl sites for hydroxylation is 1. The molecule has 0 saturated heterocycles. The van der Waals surface area contributed by atoms with Gasteiger partial charge in [0.25, 0.3) is 0 Å². The number of hydrogen-bond acceptors (Lipinski definition) is 2. The molecule has 0 amide bonds. The van der Waals surface area contributed by atoms with Crippen molar-refractivity contribution in [3.63, 3.8) is 0 Å². The van der Waals surface area contributed by atoms with Crippen molar-refractivity contribution < 1.29 is 4.42 Å². The Morgan fingerprint density at radius 1 is 1.25 bits per heavy atom. The second-order valence-electron chi connectivity index (χ2n) is 5.69. The Labute approximate surface area is 98.2 Å². The van der Waals surface area contributed by atoms with Gasteiger partial charge in [-0.05, 0) is 50.0 Å². The molecule has 1 aliphatic carbocycles. The van der Waals surface area contributed by atoms with E-state index in [0.29, 0.717) is 5.92 Å². The molecule has 0 aromatic carbocycles. The topological polar surface area (TPSA) is 39.2 Å². The molecule has 0 bridgehead atoms. The van der Waals surface area contributed by atoms with Crippen LogP contribution in [-0.4, -0.2) is 0 Å². The SMILES string of the molecule is Cc1cc(C(N)C2CC(C)CC(C)C2)co1. The van der Waals surface area contributed by atoms with E-state index in [0.717, 1.165) is 17.6 Å². The van der Waals surface area contributed by atoms with Gasteiger partial charge in [0, 0.05) is 11.6 Å². The van der Waals surface area contributed by atoms with Gasteiger partial charge in [-0.3, -0.25) is 0 Å². The molecule has 3 unspecified atom stereocenters. The highest BCUT2D eigenvalue weighted by atomic mass is 16.3. The fraction of sp³-hybridized carbons (Fsp3) is 0.714. The van der Waals surface area contributed by atoms with Crippen LogP contribution in [0, 0.1) is 24.7 Å². The summed E-state index contributed by atoms with van der Waals surface area (Å²) in [6, 6.07) is 2.23. The first-order valence-corrected chi connectivity index (χ1v) is 6.37. The largest absolute Gasteiger partial charge is 0.469 e. The van der Waals surface area contributed by atoms with Crippen LogP contribution < -0.4 is 5.73 Å². The number of rotatable bonds is 2. The fourth-order valence-corrected chi connectivity index (χ4v) is 3.21. The summed E-state index contributed by atoms with van der Waals surface area (Å²) in [5.74, 6) is 3.21. The van der Waals surface area contributed by atoms with Gasteiger partial charge in [0.05, 0.1) is 6.26 Å². The van der Waals surface area contributed by atoms with Gasteiger partial charge in [0.15, 0.2) is 0 Å². The van der Waals surface area contributed by atoms with Crippen LogP contribution in [0.2, 0.25) is 0 Å². The molecule has 1 aliphatic rings. The van der Waals surface area contributed by atoms with Crippen LogP contribution in [0.1, 0.15) is 50.5 Å². The van der Waals surface area contributed by atoms with Crippen molar-refractivity contribution in [2.75, 3.05) is 0 Å². The third-order valence-corrected chi connectivity index (χ3v) is 3.86. The molecule has 2 heteroatoms. The zero-order valence-electron chi connectivity index (χ0n) is 10.6. The van der Waals surface area contributed by atoms with Gasteiger partial charge in [-0.1, -0.05) is 13.8 Å². The first-order valence-electron chi connectivity index (χ1n) is 6.37. The Hall–Kier alpha value is -0.760. The van der Waals surface area contributed by atoms with E-state index in [9.17, 15) is 0 Å². The predicted molar refractivity (Wildman–Crippen MR) is 66.0 cm³/mol. The molecule has 1 heterocycles. The molecule has 0 aliphatic heterocycles. The van der Waals surface area contributed by atoms with Gasteiger partial charge in [0.2, 0.25) is 0 Å². The first kappa shape index (κ1) is 11.7. The van der Waals surface area contributed by atoms with Crippen molar-refractivity contribution in [1.82, 2.24) is 0 Å². The van der Waals surface area contributed by atoms with Crippen LogP contribution in [0.4, 0.5) is 0 Å². The number of hydrogen-bond donors (Lipinski definition) is 1. The molecule has 0 spiro atoms. The van der Waals surface area contributed by atoms with Gasteiger partial charge < -0.3 is 10.2 Å². The predicted octanol–water partition coefficient (Wildman–Crippen LogP) is 3.66. The lowest BCUT2D eigenvalue weighted by Crippen LogP contribution is -2.29. The normalized spacial score (nSPS) is 32.6. The second kappa shape index (κ2) is 4.62. The Bertz CT molecular complexity index is 334. The second-order valence-corrected chi connectivity index (χ2v) is 5.69. The van der Waals surface area contributed by atoms with E-state index in [1.165, 1.54) is 24.8 Å². The molecule has 3 atom stereocenters. The van der Waals surface area contributed by atoms with Crippen molar-refractivity contribution in [2.24, 2.45) is 23.5 Å². The van der Waals surface area contributed by atoms with Gasteiger partial charge in [0.1, 0.15) is 5.76 Å². The molecule has 1 aromatic heterocycles.